The van der Waals surface area contributed by atoms with Gasteiger partial charge in [0.05, 0.1) is 12.0 Å². The van der Waals surface area contributed by atoms with E-state index >= 15 is 0 Å². The molecule has 3 rings (SSSR count). The first-order valence-corrected chi connectivity index (χ1v) is 11.5. The summed E-state index contributed by atoms with van der Waals surface area (Å²) in [6.45, 7) is 3.29. The van der Waals surface area contributed by atoms with E-state index in [4.69, 9.17) is 4.74 Å². The maximum absolute atomic E-state index is 12.8. The van der Waals surface area contributed by atoms with Gasteiger partial charge in [-0.25, -0.2) is 8.42 Å². The first-order chi connectivity index (χ1) is 13.9. The lowest BCUT2D eigenvalue weighted by Gasteiger charge is -2.34. The van der Waals surface area contributed by atoms with Crippen LogP contribution in [0.2, 0.25) is 0 Å². The first-order valence-electron chi connectivity index (χ1n) is 9.30. The zero-order chi connectivity index (χ0) is 20.9. The lowest BCUT2D eigenvalue weighted by molar-refractivity contribution is 0.0945. The Kier molecular flexibility index (Phi) is 9.11. The third kappa shape index (κ3) is 6.18. The zero-order valence-electron chi connectivity index (χ0n) is 16.6. The molecule has 0 aromatic heterocycles. The molecule has 0 saturated carbocycles. The normalized spacial score (nSPS) is 15.3. The van der Waals surface area contributed by atoms with Crippen LogP contribution in [0.25, 0.3) is 0 Å². The molecule has 1 amide bonds. The number of benzene rings is 2. The van der Waals surface area contributed by atoms with Crippen LogP contribution in [0.15, 0.2) is 57.9 Å². The number of carbonyl (C=O) groups excluding carboxylic acids is 1. The van der Waals surface area contributed by atoms with Crippen molar-refractivity contribution in [2.75, 3.05) is 46.4 Å². The third-order valence-electron chi connectivity index (χ3n) is 4.83. The third-order valence-corrected chi connectivity index (χ3v) is 7.23. The summed E-state index contributed by atoms with van der Waals surface area (Å²) in [7, 11) is -1.96. The Morgan fingerprint density at radius 2 is 1.77 bits per heavy atom. The molecule has 2 aromatic rings. The molecule has 1 aliphatic heterocycles. The van der Waals surface area contributed by atoms with E-state index in [0.717, 1.165) is 4.47 Å². The Bertz CT molecular complexity index is 949. The molecule has 1 saturated heterocycles. The van der Waals surface area contributed by atoms with Crippen LogP contribution in [-0.2, 0) is 10.0 Å². The highest BCUT2D eigenvalue weighted by Gasteiger charge is 2.28. The zero-order valence-corrected chi connectivity index (χ0v) is 19.8. The molecule has 10 heteroatoms. The first kappa shape index (κ1) is 24.6. The van der Waals surface area contributed by atoms with Crippen molar-refractivity contribution in [3.8, 4) is 5.75 Å². The van der Waals surface area contributed by atoms with Crippen LogP contribution in [0.1, 0.15) is 10.4 Å². The van der Waals surface area contributed by atoms with Crippen LogP contribution in [-0.4, -0.2) is 69.9 Å². The molecule has 1 fully saturated rings. The van der Waals surface area contributed by atoms with E-state index in [2.05, 4.69) is 26.1 Å². The monoisotopic (exact) mass is 517 g/mol. The Labute approximate surface area is 192 Å². The Morgan fingerprint density at radius 3 is 2.37 bits per heavy atom. The van der Waals surface area contributed by atoms with Crippen LogP contribution < -0.4 is 10.1 Å². The average Bonchev–Trinajstić information content (AvgIpc) is 2.74. The SMILES string of the molecule is COc1ccc(S(=O)(=O)N2CCN(CCNC(=O)c3cccc(Br)c3)CC2)cc1.Cl. The Balaban J connectivity index is 0.00000320. The van der Waals surface area contributed by atoms with E-state index in [9.17, 15) is 13.2 Å². The predicted octanol–water partition coefficient (Wildman–Crippen LogP) is 2.62. The molecule has 1 aliphatic rings. The van der Waals surface area contributed by atoms with Crippen molar-refractivity contribution in [2.45, 2.75) is 4.90 Å². The molecule has 0 radical (unpaired) electrons. The fourth-order valence-corrected chi connectivity index (χ4v) is 4.97. The van der Waals surface area contributed by atoms with Crippen molar-refractivity contribution in [3.05, 3.63) is 58.6 Å². The van der Waals surface area contributed by atoms with Gasteiger partial charge in [0.1, 0.15) is 5.75 Å². The van der Waals surface area contributed by atoms with Crippen molar-refractivity contribution >= 4 is 44.3 Å². The molecular formula is C20H25BrClN3O4S. The van der Waals surface area contributed by atoms with Crippen LogP contribution >= 0.6 is 28.3 Å². The quantitative estimate of drug-likeness (QED) is 0.610. The number of hydrogen-bond donors (Lipinski definition) is 1. The number of piperazine rings is 1. The summed E-state index contributed by atoms with van der Waals surface area (Å²) >= 11 is 3.36. The van der Waals surface area contributed by atoms with Crippen molar-refractivity contribution < 1.29 is 17.9 Å². The van der Waals surface area contributed by atoms with Crippen LogP contribution in [0.4, 0.5) is 0 Å². The van der Waals surface area contributed by atoms with Gasteiger partial charge in [-0.1, -0.05) is 22.0 Å². The highest BCUT2D eigenvalue weighted by atomic mass is 79.9. The molecule has 1 N–H and O–H groups in total. The van der Waals surface area contributed by atoms with Crippen LogP contribution in [0, 0.1) is 0 Å². The summed E-state index contributed by atoms with van der Waals surface area (Å²) in [6, 6.07) is 13.7. The molecular weight excluding hydrogens is 494 g/mol. The second kappa shape index (κ2) is 11.1. The molecule has 0 bridgehead atoms. The molecule has 7 nitrogen and oxygen atoms in total. The van der Waals surface area contributed by atoms with E-state index in [1.807, 2.05) is 12.1 Å². The molecule has 0 unspecified atom stereocenters. The largest absolute Gasteiger partial charge is 0.497 e. The van der Waals surface area contributed by atoms with E-state index < -0.39 is 10.0 Å². The van der Waals surface area contributed by atoms with Gasteiger partial charge < -0.3 is 10.1 Å². The van der Waals surface area contributed by atoms with Gasteiger partial charge in [0.2, 0.25) is 10.0 Å². The van der Waals surface area contributed by atoms with E-state index in [1.54, 1.807) is 43.5 Å². The fourth-order valence-electron chi connectivity index (χ4n) is 3.15. The van der Waals surface area contributed by atoms with Gasteiger partial charge in [0, 0.05) is 49.3 Å². The van der Waals surface area contributed by atoms with Crippen LogP contribution in [0.3, 0.4) is 0 Å². The summed E-state index contributed by atoms with van der Waals surface area (Å²) in [5.74, 6) is 0.505. The van der Waals surface area contributed by atoms with Gasteiger partial charge in [-0.3, -0.25) is 9.69 Å². The molecule has 30 heavy (non-hydrogen) atoms. The Morgan fingerprint density at radius 1 is 1.10 bits per heavy atom. The number of halogens is 2. The summed E-state index contributed by atoms with van der Waals surface area (Å²) < 4.78 is 33.0. The lowest BCUT2D eigenvalue weighted by atomic mass is 10.2. The molecule has 0 atom stereocenters. The summed E-state index contributed by atoms with van der Waals surface area (Å²) in [5, 5.41) is 2.91. The van der Waals surface area contributed by atoms with Gasteiger partial charge >= 0.3 is 0 Å². The Hall–Kier alpha value is -1.65. The van der Waals surface area contributed by atoms with Crippen molar-refractivity contribution in [3.63, 3.8) is 0 Å². The second-order valence-corrected chi connectivity index (χ2v) is 9.54. The van der Waals surface area contributed by atoms with Crippen LogP contribution in [0.5, 0.6) is 5.75 Å². The van der Waals surface area contributed by atoms with Gasteiger partial charge in [-0.05, 0) is 42.5 Å². The van der Waals surface area contributed by atoms with E-state index in [-0.39, 0.29) is 23.2 Å². The number of sulfonamides is 1. The highest BCUT2D eigenvalue weighted by molar-refractivity contribution is 9.10. The molecule has 164 valence electrons. The number of nitrogens with zero attached hydrogens (tertiary/aromatic N) is 2. The minimum atomic E-state index is -3.51. The number of nitrogens with one attached hydrogen (secondary N) is 1. The van der Waals surface area contributed by atoms with Crippen molar-refractivity contribution in [1.29, 1.82) is 0 Å². The van der Waals surface area contributed by atoms with Gasteiger partial charge in [0.25, 0.3) is 5.91 Å². The second-order valence-electron chi connectivity index (χ2n) is 6.69. The number of ether oxygens (including phenoxy) is 1. The van der Waals surface area contributed by atoms with Crippen molar-refractivity contribution in [1.82, 2.24) is 14.5 Å². The van der Waals surface area contributed by atoms with Gasteiger partial charge in [-0.15, -0.1) is 12.4 Å². The minimum Gasteiger partial charge on any atom is -0.497 e. The average molecular weight is 519 g/mol. The maximum Gasteiger partial charge on any atom is 0.251 e. The number of hydrogen-bond acceptors (Lipinski definition) is 5. The number of amides is 1. The summed E-state index contributed by atoms with van der Waals surface area (Å²) in [4.78, 5) is 14.6. The maximum atomic E-state index is 12.8. The lowest BCUT2D eigenvalue weighted by Crippen LogP contribution is -2.50. The number of methoxy groups -OCH3 is 1. The number of rotatable bonds is 7. The number of carbonyl (C=O) groups is 1. The molecule has 1 heterocycles. The van der Waals surface area contributed by atoms with Gasteiger partial charge in [0.15, 0.2) is 0 Å². The minimum absolute atomic E-state index is 0. The molecule has 2 aromatic carbocycles. The molecule has 0 aliphatic carbocycles. The molecule has 0 spiro atoms. The van der Waals surface area contributed by atoms with E-state index in [1.165, 1.54) is 4.31 Å². The van der Waals surface area contributed by atoms with E-state index in [0.29, 0.717) is 50.6 Å². The smallest absolute Gasteiger partial charge is 0.251 e. The topological polar surface area (TPSA) is 79.0 Å². The fraction of sp³-hybridized carbons (Fsp3) is 0.350. The van der Waals surface area contributed by atoms with Gasteiger partial charge in [-0.2, -0.15) is 4.31 Å². The standard InChI is InChI=1S/C20H24BrN3O4S.ClH/c1-28-18-5-7-19(8-6-18)29(26,27)24-13-11-23(12-14-24)10-9-22-20(25)16-3-2-4-17(21)15-16;/h2-8,15H,9-14H2,1H3,(H,22,25);1H. The summed E-state index contributed by atoms with van der Waals surface area (Å²) in [5.41, 5.74) is 0.606. The highest BCUT2D eigenvalue weighted by Crippen LogP contribution is 2.20. The van der Waals surface area contributed by atoms with Crippen molar-refractivity contribution in [2.24, 2.45) is 0 Å². The summed E-state index contributed by atoms with van der Waals surface area (Å²) in [6.07, 6.45) is 0. The predicted molar refractivity (Wildman–Crippen MR) is 122 cm³/mol.